The van der Waals surface area contributed by atoms with E-state index in [9.17, 15) is 0 Å². The number of ether oxygens (including phenoxy) is 1. The molecule has 0 spiro atoms. The van der Waals surface area contributed by atoms with Crippen molar-refractivity contribution in [1.82, 2.24) is 10.2 Å². The molecule has 3 nitrogen and oxygen atoms in total. The highest BCUT2D eigenvalue weighted by atomic mass is 16.5. The molecule has 1 unspecified atom stereocenters. The molecule has 1 aliphatic carbocycles. The first-order valence-electron chi connectivity index (χ1n) is 5.85. The Morgan fingerprint density at radius 3 is 2.93 bits per heavy atom. The molecule has 1 atom stereocenters. The summed E-state index contributed by atoms with van der Waals surface area (Å²) < 4.78 is 5.67. The molecule has 2 aliphatic rings. The van der Waals surface area contributed by atoms with E-state index in [1.807, 2.05) is 0 Å². The van der Waals surface area contributed by atoms with Crippen LogP contribution < -0.4 is 5.32 Å². The van der Waals surface area contributed by atoms with Gasteiger partial charge in [0.25, 0.3) is 0 Å². The van der Waals surface area contributed by atoms with E-state index < -0.39 is 0 Å². The van der Waals surface area contributed by atoms with Crippen LogP contribution in [0.4, 0.5) is 0 Å². The lowest BCUT2D eigenvalue weighted by Gasteiger charge is -2.27. The highest BCUT2D eigenvalue weighted by Crippen LogP contribution is 2.32. The van der Waals surface area contributed by atoms with Gasteiger partial charge in [-0.15, -0.1) is 0 Å². The topological polar surface area (TPSA) is 24.5 Å². The predicted octanol–water partition coefficient (Wildman–Crippen LogP) is 0.707. The van der Waals surface area contributed by atoms with Crippen molar-refractivity contribution >= 4 is 0 Å². The number of hydrogen-bond acceptors (Lipinski definition) is 3. The monoisotopic (exact) mass is 198 g/mol. The smallest absolute Gasteiger partial charge is 0.0826 e. The second-order valence-electron chi connectivity index (χ2n) is 4.69. The zero-order chi connectivity index (χ0) is 9.80. The van der Waals surface area contributed by atoms with E-state index in [2.05, 4.69) is 17.3 Å². The lowest BCUT2D eigenvalue weighted by molar-refractivity contribution is 0.00976. The van der Waals surface area contributed by atoms with Crippen LogP contribution in [0.1, 0.15) is 19.3 Å². The van der Waals surface area contributed by atoms with Gasteiger partial charge in [-0.3, -0.25) is 0 Å². The number of morpholine rings is 1. The molecule has 1 N–H and O–H groups in total. The van der Waals surface area contributed by atoms with Gasteiger partial charge in [-0.05, 0) is 25.9 Å². The molecule has 0 aromatic heterocycles. The van der Waals surface area contributed by atoms with Crippen molar-refractivity contribution in [2.45, 2.75) is 25.4 Å². The first-order valence-corrected chi connectivity index (χ1v) is 5.85. The lowest BCUT2D eigenvalue weighted by Crippen LogP contribution is -2.44. The number of nitrogens with one attached hydrogen (secondary N) is 1. The third kappa shape index (κ3) is 3.56. The zero-order valence-electron chi connectivity index (χ0n) is 9.17. The quantitative estimate of drug-likeness (QED) is 0.704. The van der Waals surface area contributed by atoms with Gasteiger partial charge in [0.05, 0.1) is 12.7 Å². The van der Waals surface area contributed by atoms with E-state index in [0.29, 0.717) is 6.10 Å². The molecule has 1 saturated carbocycles. The molecule has 1 heterocycles. The minimum atomic E-state index is 0.410. The standard InChI is InChI=1S/C11H22N2O/c1-13(6-4-10-2-3-10)9-11-8-12-5-7-14-11/h10-12H,2-9H2,1H3. The SMILES string of the molecule is CN(CCC1CC1)CC1CNCCO1. The Hall–Kier alpha value is -0.120. The molecule has 0 amide bonds. The maximum Gasteiger partial charge on any atom is 0.0826 e. The van der Waals surface area contributed by atoms with Crippen LogP contribution in [0.5, 0.6) is 0 Å². The van der Waals surface area contributed by atoms with Crippen molar-refractivity contribution in [2.24, 2.45) is 5.92 Å². The van der Waals surface area contributed by atoms with Crippen LogP contribution in [0.15, 0.2) is 0 Å². The predicted molar refractivity (Wildman–Crippen MR) is 57.4 cm³/mol. The van der Waals surface area contributed by atoms with Crippen molar-refractivity contribution < 1.29 is 4.74 Å². The molecule has 2 rings (SSSR count). The minimum absolute atomic E-state index is 0.410. The van der Waals surface area contributed by atoms with Gasteiger partial charge in [-0.1, -0.05) is 12.8 Å². The Bertz CT molecular complexity index is 165. The van der Waals surface area contributed by atoms with Gasteiger partial charge in [0, 0.05) is 19.6 Å². The molecule has 0 aromatic rings. The van der Waals surface area contributed by atoms with Gasteiger partial charge in [0.15, 0.2) is 0 Å². The number of nitrogens with zero attached hydrogens (tertiary/aromatic N) is 1. The van der Waals surface area contributed by atoms with E-state index >= 15 is 0 Å². The molecule has 1 saturated heterocycles. The van der Waals surface area contributed by atoms with Crippen molar-refractivity contribution in [1.29, 1.82) is 0 Å². The van der Waals surface area contributed by atoms with Crippen molar-refractivity contribution in [2.75, 3.05) is 39.8 Å². The summed E-state index contributed by atoms with van der Waals surface area (Å²) in [5.74, 6) is 1.04. The fourth-order valence-electron chi connectivity index (χ4n) is 1.99. The Morgan fingerprint density at radius 1 is 1.43 bits per heavy atom. The van der Waals surface area contributed by atoms with Gasteiger partial charge in [-0.25, -0.2) is 0 Å². The average Bonchev–Trinajstić information content (AvgIpc) is 3.00. The molecule has 0 radical (unpaired) electrons. The molecule has 82 valence electrons. The van der Waals surface area contributed by atoms with Gasteiger partial charge < -0.3 is 15.0 Å². The zero-order valence-corrected chi connectivity index (χ0v) is 9.17. The third-order valence-electron chi connectivity index (χ3n) is 3.14. The highest BCUT2D eigenvalue weighted by Gasteiger charge is 2.22. The summed E-state index contributed by atoms with van der Waals surface area (Å²) in [6.45, 7) is 5.24. The van der Waals surface area contributed by atoms with Gasteiger partial charge >= 0.3 is 0 Å². The van der Waals surface area contributed by atoms with Crippen LogP contribution in [0.3, 0.4) is 0 Å². The normalized spacial score (nSPS) is 28.3. The first-order chi connectivity index (χ1) is 6.84. The Balaban J connectivity index is 1.57. The molecule has 0 aromatic carbocycles. The maximum absolute atomic E-state index is 5.67. The summed E-state index contributed by atoms with van der Waals surface area (Å²) in [5.41, 5.74) is 0. The van der Waals surface area contributed by atoms with Crippen LogP contribution in [-0.4, -0.2) is 50.8 Å². The Labute approximate surface area is 86.8 Å². The van der Waals surface area contributed by atoms with Gasteiger partial charge in [0.2, 0.25) is 0 Å². The number of hydrogen-bond donors (Lipinski definition) is 1. The fourth-order valence-corrected chi connectivity index (χ4v) is 1.99. The minimum Gasteiger partial charge on any atom is -0.374 e. The summed E-state index contributed by atoms with van der Waals surface area (Å²) >= 11 is 0. The summed E-state index contributed by atoms with van der Waals surface area (Å²) in [5, 5.41) is 3.37. The van der Waals surface area contributed by atoms with Crippen molar-refractivity contribution in [3.05, 3.63) is 0 Å². The summed E-state index contributed by atoms with van der Waals surface area (Å²) in [6, 6.07) is 0. The van der Waals surface area contributed by atoms with E-state index in [-0.39, 0.29) is 0 Å². The second-order valence-corrected chi connectivity index (χ2v) is 4.69. The molecule has 3 heteroatoms. The van der Waals surface area contributed by atoms with E-state index in [4.69, 9.17) is 4.74 Å². The van der Waals surface area contributed by atoms with Crippen molar-refractivity contribution in [3.63, 3.8) is 0 Å². The summed E-state index contributed by atoms with van der Waals surface area (Å²) in [4.78, 5) is 2.41. The largest absolute Gasteiger partial charge is 0.374 e. The van der Waals surface area contributed by atoms with E-state index in [1.54, 1.807) is 0 Å². The highest BCUT2D eigenvalue weighted by molar-refractivity contribution is 4.75. The number of rotatable bonds is 5. The molecular weight excluding hydrogens is 176 g/mol. The van der Waals surface area contributed by atoms with E-state index in [1.165, 1.54) is 25.8 Å². The molecular formula is C11H22N2O. The second kappa shape index (κ2) is 5.10. The van der Waals surface area contributed by atoms with Crippen LogP contribution in [0, 0.1) is 5.92 Å². The molecule has 2 fully saturated rings. The molecule has 0 bridgehead atoms. The van der Waals surface area contributed by atoms with E-state index in [0.717, 1.165) is 32.2 Å². The van der Waals surface area contributed by atoms with Gasteiger partial charge in [0.1, 0.15) is 0 Å². The maximum atomic E-state index is 5.67. The average molecular weight is 198 g/mol. The Morgan fingerprint density at radius 2 is 2.29 bits per heavy atom. The van der Waals surface area contributed by atoms with Crippen LogP contribution in [0.2, 0.25) is 0 Å². The third-order valence-corrected chi connectivity index (χ3v) is 3.14. The van der Waals surface area contributed by atoms with Crippen LogP contribution >= 0.6 is 0 Å². The van der Waals surface area contributed by atoms with Crippen molar-refractivity contribution in [3.8, 4) is 0 Å². The van der Waals surface area contributed by atoms with Crippen LogP contribution in [0.25, 0.3) is 0 Å². The summed E-state index contributed by atoms with van der Waals surface area (Å²) in [7, 11) is 2.21. The molecule has 1 aliphatic heterocycles. The lowest BCUT2D eigenvalue weighted by atomic mass is 10.2. The van der Waals surface area contributed by atoms with Crippen LogP contribution in [-0.2, 0) is 4.74 Å². The molecule has 14 heavy (non-hydrogen) atoms. The Kier molecular flexibility index (Phi) is 3.79. The fraction of sp³-hybridized carbons (Fsp3) is 1.00. The van der Waals surface area contributed by atoms with Gasteiger partial charge in [-0.2, -0.15) is 0 Å². The number of likely N-dealkylation sites (N-methyl/N-ethyl adjacent to an activating group) is 1. The summed E-state index contributed by atoms with van der Waals surface area (Å²) in [6.07, 6.45) is 4.73. The first kappa shape index (κ1) is 10.4.